The average molecular weight is 715 g/mol. The fourth-order valence-electron chi connectivity index (χ4n) is 6.35. The fourth-order valence-corrected chi connectivity index (χ4v) is 6.58. The molecule has 1 unspecified atom stereocenters. The zero-order chi connectivity index (χ0) is 36.3. The normalized spacial score (nSPS) is 15.2. The van der Waals surface area contributed by atoms with E-state index in [9.17, 15) is 20.6 Å². The van der Waals surface area contributed by atoms with Crippen LogP contribution in [0.1, 0.15) is 59.2 Å². The minimum absolute atomic E-state index is 0.151. The van der Waals surface area contributed by atoms with Crippen LogP contribution in [0.2, 0.25) is 5.02 Å². The van der Waals surface area contributed by atoms with Gasteiger partial charge in [-0.15, -0.1) is 0 Å². The van der Waals surface area contributed by atoms with E-state index in [4.69, 9.17) is 25.8 Å². The SMILES string of the molecule is Cc1c(COc2cc(OCc3cncc(C#N)c3)c(C(C)NC(CO)CO)cc2Cl)cccc1-c1cccc(OCCCN2CC[C@@H](O)C2)c1C. The van der Waals surface area contributed by atoms with Crippen molar-refractivity contribution in [3.63, 3.8) is 0 Å². The molecule has 2 atom stereocenters. The lowest BCUT2D eigenvalue weighted by Crippen LogP contribution is -2.37. The Morgan fingerprint density at radius 1 is 0.961 bits per heavy atom. The first-order valence-electron chi connectivity index (χ1n) is 17.3. The number of aliphatic hydroxyl groups is 3. The molecule has 4 aromatic rings. The van der Waals surface area contributed by atoms with Gasteiger partial charge in [0, 0.05) is 55.3 Å². The van der Waals surface area contributed by atoms with Crippen LogP contribution >= 0.6 is 11.6 Å². The molecule has 0 saturated carbocycles. The molecule has 0 amide bonds. The molecule has 5 rings (SSSR count). The van der Waals surface area contributed by atoms with Crippen LogP contribution in [0.25, 0.3) is 11.1 Å². The number of nitrogens with zero attached hydrogens (tertiary/aromatic N) is 3. The molecule has 3 aromatic carbocycles. The molecule has 1 aromatic heterocycles. The number of hydrogen-bond donors (Lipinski definition) is 4. The van der Waals surface area contributed by atoms with Crippen molar-refractivity contribution in [1.82, 2.24) is 15.2 Å². The highest BCUT2D eigenvalue weighted by atomic mass is 35.5. The molecule has 1 fully saturated rings. The van der Waals surface area contributed by atoms with Gasteiger partial charge in [-0.3, -0.25) is 4.98 Å². The number of rotatable bonds is 17. The highest BCUT2D eigenvalue weighted by Gasteiger charge is 2.21. The number of ether oxygens (including phenoxy) is 3. The molecule has 4 N–H and O–H groups in total. The van der Waals surface area contributed by atoms with Crippen LogP contribution < -0.4 is 19.5 Å². The summed E-state index contributed by atoms with van der Waals surface area (Å²) in [5.74, 6) is 1.80. The summed E-state index contributed by atoms with van der Waals surface area (Å²) in [5.41, 5.74) is 7.20. The van der Waals surface area contributed by atoms with Gasteiger partial charge in [0.2, 0.25) is 0 Å². The van der Waals surface area contributed by atoms with Gasteiger partial charge in [-0.2, -0.15) is 5.26 Å². The Balaban J connectivity index is 1.32. The highest BCUT2D eigenvalue weighted by molar-refractivity contribution is 6.32. The lowest BCUT2D eigenvalue weighted by Gasteiger charge is -2.24. The number of likely N-dealkylation sites (tertiary alicyclic amines) is 1. The quantitative estimate of drug-likeness (QED) is 0.0980. The number of hydrogen-bond acceptors (Lipinski definition) is 10. The Hall–Kier alpha value is -4.21. The second-order valence-corrected chi connectivity index (χ2v) is 13.4. The minimum Gasteiger partial charge on any atom is -0.493 e. The first-order chi connectivity index (χ1) is 24.7. The van der Waals surface area contributed by atoms with Crippen LogP contribution in [-0.2, 0) is 13.2 Å². The van der Waals surface area contributed by atoms with E-state index in [2.05, 4.69) is 47.3 Å². The van der Waals surface area contributed by atoms with E-state index in [-0.39, 0.29) is 38.6 Å². The van der Waals surface area contributed by atoms with Crippen molar-refractivity contribution in [2.75, 3.05) is 39.5 Å². The van der Waals surface area contributed by atoms with Crippen LogP contribution in [0, 0.1) is 25.2 Å². The summed E-state index contributed by atoms with van der Waals surface area (Å²) in [6, 6.07) is 18.8. The van der Waals surface area contributed by atoms with Gasteiger partial charge in [-0.05, 0) is 79.6 Å². The summed E-state index contributed by atoms with van der Waals surface area (Å²) in [6.07, 6.45) is 4.66. The van der Waals surface area contributed by atoms with Gasteiger partial charge in [0.15, 0.2) is 0 Å². The third kappa shape index (κ3) is 9.98. The van der Waals surface area contributed by atoms with Crippen molar-refractivity contribution in [3.05, 3.63) is 105 Å². The molecule has 0 radical (unpaired) electrons. The Bertz CT molecular complexity index is 1810. The minimum atomic E-state index is -0.527. The molecule has 270 valence electrons. The number of pyridine rings is 1. The van der Waals surface area contributed by atoms with Crippen molar-refractivity contribution in [1.29, 1.82) is 5.26 Å². The zero-order valence-corrected chi connectivity index (χ0v) is 30.2. The van der Waals surface area contributed by atoms with Gasteiger partial charge in [-0.1, -0.05) is 41.9 Å². The smallest absolute Gasteiger partial charge is 0.142 e. The number of benzene rings is 3. The molecule has 11 heteroatoms. The van der Waals surface area contributed by atoms with Gasteiger partial charge in [0.1, 0.15) is 36.5 Å². The van der Waals surface area contributed by atoms with Crippen LogP contribution in [-0.4, -0.2) is 76.8 Å². The number of β-amino-alcohol motifs (C(OH)–C–C–N with tert-alkyl or cyclic N) is 1. The van der Waals surface area contributed by atoms with E-state index in [1.165, 1.54) is 6.20 Å². The van der Waals surface area contributed by atoms with E-state index < -0.39 is 6.04 Å². The van der Waals surface area contributed by atoms with Crippen LogP contribution in [0.15, 0.2) is 67.0 Å². The van der Waals surface area contributed by atoms with Crippen molar-refractivity contribution < 1.29 is 29.5 Å². The standard InChI is InChI=1S/C40H47ClN4O6/c1-26-31(7-4-8-34(26)35-9-5-10-38(27(35)2)49-14-6-12-45-13-11-33(48)21-45)25-51-40-17-39(50-24-30-15-29(18-42)19-43-20-30)36(16-37(40)41)28(3)44-32(22-46)23-47/h4-5,7-10,15-17,19-20,28,32-33,44,46-48H,6,11-14,21-25H2,1-3H3/t28?,33-/m1/s1. The largest absolute Gasteiger partial charge is 0.493 e. The predicted molar refractivity (Wildman–Crippen MR) is 197 cm³/mol. The van der Waals surface area contributed by atoms with Crippen molar-refractivity contribution >= 4 is 11.6 Å². The number of nitriles is 1. The van der Waals surface area contributed by atoms with Crippen molar-refractivity contribution in [3.8, 4) is 34.4 Å². The molecule has 0 bridgehead atoms. The maximum absolute atomic E-state index is 9.79. The lowest BCUT2D eigenvalue weighted by atomic mass is 9.93. The predicted octanol–water partition coefficient (Wildman–Crippen LogP) is 5.89. The number of aromatic nitrogens is 1. The monoisotopic (exact) mass is 714 g/mol. The molecular formula is C40H47ClN4O6. The van der Waals surface area contributed by atoms with Gasteiger partial charge < -0.3 is 39.7 Å². The van der Waals surface area contributed by atoms with E-state index >= 15 is 0 Å². The third-order valence-corrected chi connectivity index (χ3v) is 9.60. The van der Waals surface area contributed by atoms with Gasteiger partial charge in [0.05, 0.1) is 42.6 Å². The zero-order valence-electron chi connectivity index (χ0n) is 29.4. The molecule has 10 nitrogen and oxygen atoms in total. The highest BCUT2D eigenvalue weighted by Crippen LogP contribution is 2.38. The van der Waals surface area contributed by atoms with Crippen LogP contribution in [0.3, 0.4) is 0 Å². The molecule has 1 aliphatic heterocycles. The molecule has 0 spiro atoms. The first kappa shape index (κ1) is 38.0. The Morgan fingerprint density at radius 3 is 2.43 bits per heavy atom. The fraction of sp³-hybridized carbons (Fsp3) is 0.400. The van der Waals surface area contributed by atoms with Crippen molar-refractivity contribution in [2.45, 2.75) is 65.0 Å². The average Bonchev–Trinajstić information content (AvgIpc) is 3.56. The van der Waals surface area contributed by atoms with E-state index in [0.717, 1.165) is 71.6 Å². The summed E-state index contributed by atoms with van der Waals surface area (Å²) >= 11 is 6.79. The first-order valence-corrected chi connectivity index (χ1v) is 17.7. The molecule has 2 heterocycles. The maximum Gasteiger partial charge on any atom is 0.142 e. The Morgan fingerprint density at radius 2 is 1.71 bits per heavy atom. The lowest BCUT2D eigenvalue weighted by molar-refractivity contribution is 0.163. The summed E-state index contributed by atoms with van der Waals surface area (Å²) in [4.78, 5) is 6.41. The Labute approximate surface area is 305 Å². The summed E-state index contributed by atoms with van der Waals surface area (Å²) in [5, 5.41) is 42.0. The summed E-state index contributed by atoms with van der Waals surface area (Å²) < 4.78 is 18.8. The molecule has 51 heavy (non-hydrogen) atoms. The van der Waals surface area contributed by atoms with E-state index in [1.54, 1.807) is 24.4 Å². The summed E-state index contributed by atoms with van der Waals surface area (Å²) in [7, 11) is 0. The van der Waals surface area contributed by atoms with Gasteiger partial charge in [0.25, 0.3) is 0 Å². The molecule has 1 saturated heterocycles. The number of aliphatic hydroxyl groups excluding tert-OH is 3. The van der Waals surface area contributed by atoms with E-state index in [0.29, 0.717) is 34.3 Å². The van der Waals surface area contributed by atoms with Crippen molar-refractivity contribution in [2.24, 2.45) is 0 Å². The molecule has 1 aliphatic rings. The second-order valence-electron chi connectivity index (χ2n) is 13.0. The topological polar surface area (TPSA) is 140 Å². The van der Waals surface area contributed by atoms with Crippen LogP contribution in [0.4, 0.5) is 0 Å². The van der Waals surface area contributed by atoms with E-state index in [1.807, 2.05) is 31.2 Å². The van der Waals surface area contributed by atoms with Gasteiger partial charge >= 0.3 is 0 Å². The summed E-state index contributed by atoms with van der Waals surface area (Å²) in [6.45, 7) is 9.20. The second kappa shape index (κ2) is 18.3. The number of nitrogens with one attached hydrogen (secondary N) is 1. The molecular weight excluding hydrogens is 668 g/mol. The van der Waals surface area contributed by atoms with Gasteiger partial charge in [-0.25, -0.2) is 0 Å². The molecule has 0 aliphatic carbocycles. The maximum atomic E-state index is 9.79. The number of halogens is 1. The third-order valence-electron chi connectivity index (χ3n) is 9.30. The van der Waals surface area contributed by atoms with Crippen LogP contribution in [0.5, 0.6) is 17.2 Å². The Kier molecular flexibility index (Phi) is 13.7.